The first kappa shape index (κ1) is 33.8. The van der Waals surface area contributed by atoms with Crippen molar-refractivity contribution in [1.82, 2.24) is 15.3 Å². The third kappa shape index (κ3) is 5.56. The summed E-state index contributed by atoms with van der Waals surface area (Å²) in [6.07, 6.45) is 7.92. The van der Waals surface area contributed by atoms with Gasteiger partial charge in [-0.05, 0) is 113 Å². The van der Waals surface area contributed by atoms with Crippen LogP contribution in [0.2, 0.25) is 0 Å². The van der Waals surface area contributed by atoms with Crippen LogP contribution in [0.4, 0.5) is 23.0 Å². The average molecular weight is 738 g/mol. The van der Waals surface area contributed by atoms with Crippen LogP contribution in [0.5, 0.6) is 0 Å². The Balaban J connectivity index is 0.000000136. The molecule has 280 valence electrons. The summed E-state index contributed by atoms with van der Waals surface area (Å²) in [6.45, 7) is 9.20. The minimum Gasteiger partial charge on any atom is -0.381 e. The van der Waals surface area contributed by atoms with Gasteiger partial charge in [-0.1, -0.05) is 34.6 Å². The van der Waals surface area contributed by atoms with E-state index in [1.165, 1.54) is 25.7 Å². The number of rotatable bonds is 6. The topological polar surface area (TPSA) is 156 Å². The van der Waals surface area contributed by atoms with Crippen molar-refractivity contribution in [2.75, 3.05) is 34.5 Å². The van der Waals surface area contributed by atoms with Crippen LogP contribution in [0.15, 0.2) is 63.8 Å². The number of benzene rings is 3. The molecule has 12 heteroatoms. The highest BCUT2D eigenvalue weighted by Gasteiger charge is 2.49. The van der Waals surface area contributed by atoms with Crippen molar-refractivity contribution >= 4 is 56.8 Å². The van der Waals surface area contributed by atoms with Crippen LogP contribution in [0.1, 0.15) is 74.8 Å². The Hall–Kier alpha value is -5.75. The Bertz CT molecular complexity index is 2560. The van der Waals surface area contributed by atoms with Gasteiger partial charge in [-0.2, -0.15) is 0 Å². The maximum Gasteiger partial charge on any atom is 0.236 e. The van der Waals surface area contributed by atoms with E-state index in [0.29, 0.717) is 38.1 Å². The number of aryl methyl sites for hydroxylation is 2. The molecule has 2 amide bonds. The van der Waals surface area contributed by atoms with Crippen LogP contribution in [0, 0.1) is 13.8 Å². The van der Waals surface area contributed by atoms with Gasteiger partial charge in [0, 0.05) is 53.9 Å². The van der Waals surface area contributed by atoms with Crippen LogP contribution < -0.4 is 21.3 Å². The second-order valence-corrected chi connectivity index (χ2v) is 16.3. The summed E-state index contributed by atoms with van der Waals surface area (Å²) in [5.41, 5.74) is 10.2. The number of carbonyl (C=O) groups excluding carboxylic acids is 2. The zero-order valence-corrected chi connectivity index (χ0v) is 31.4. The van der Waals surface area contributed by atoms with Crippen LogP contribution in [0.3, 0.4) is 0 Å². The molecule has 11 rings (SSSR count). The van der Waals surface area contributed by atoms with Gasteiger partial charge in [0.1, 0.15) is 0 Å². The van der Waals surface area contributed by atoms with Gasteiger partial charge < -0.3 is 35.1 Å². The van der Waals surface area contributed by atoms with Crippen molar-refractivity contribution in [3.05, 3.63) is 77.1 Å². The lowest BCUT2D eigenvalue weighted by atomic mass is 9.78. The second kappa shape index (κ2) is 12.4. The highest BCUT2D eigenvalue weighted by atomic mass is 16.5. The highest BCUT2D eigenvalue weighted by Crippen LogP contribution is 2.46. The summed E-state index contributed by atoms with van der Waals surface area (Å²) in [5.74, 6) is 1.69. The molecule has 0 bridgehead atoms. The third-order valence-electron chi connectivity index (χ3n) is 12.0. The molecule has 2 aliphatic carbocycles. The van der Waals surface area contributed by atoms with E-state index >= 15 is 0 Å². The Kier molecular flexibility index (Phi) is 7.61. The lowest BCUT2D eigenvalue weighted by Gasteiger charge is -2.30. The van der Waals surface area contributed by atoms with E-state index in [1.807, 2.05) is 38.2 Å². The quantitative estimate of drug-likeness (QED) is 0.131. The monoisotopic (exact) mass is 737 g/mol. The first-order valence-electron chi connectivity index (χ1n) is 19.3. The minimum absolute atomic E-state index is 0.0333. The Labute approximate surface area is 317 Å². The smallest absolute Gasteiger partial charge is 0.236 e. The molecular weight excluding hydrogens is 695 g/mol. The van der Waals surface area contributed by atoms with Crippen molar-refractivity contribution in [1.29, 1.82) is 0 Å². The number of carbonyl (C=O) groups is 2. The van der Waals surface area contributed by atoms with E-state index in [0.717, 1.165) is 89.6 Å². The molecule has 55 heavy (non-hydrogen) atoms. The summed E-state index contributed by atoms with van der Waals surface area (Å²) in [6, 6.07) is 17.5. The molecule has 6 aromatic rings. The fourth-order valence-electron chi connectivity index (χ4n) is 8.33. The maximum atomic E-state index is 12.8. The molecule has 3 aromatic carbocycles. The summed E-state index contributed by atoms with van der Waals surface area (Å²) in [7, 11) is 0. The largest absolute Gasteiger partial charge is 0.381 e. The van der Waals surface area contributed by atoms with E-state index in [9.17, 15) is 9.59 Å². The number of hydrogen-bond donors (Lipinski definition) is 4. The SMILES string of the molecule is Cc1ccc2c(NC3CC3)noc2c1-c1ccc2c(c1)NC(=O)C2(C)C.Cc1ccc2c(NC3CC3)noc2c1-c1cnc2c(c1)NC(=O)C21CCOCC1. The van der Waals surface area contributed by atoms with Crippen LogP contribution >= 0.6 is 0 Å². The molecule has 0 unspecified atom stereocenters. The average Bonchev–Trinajstić information content (AvgIpc) is 4.07. The van der Waals surface area contributed by atoms with E-state index in [-0.39, 0.29) is 11.8 Å². The van der Waals surface area contributed by atoms with E-state index < -0.39 is 10.8 Å². The van der Waals surface area contributed by atoms with Crippen LogP contribution in [-0.4, -0.2) is 52.4 Å². The molecule has 3 aliphatic heterocycles. The fourth-order valence-corrected chi connectivity index (χ4v) is 8.33. The molecule has 1 spiro atoms. The van der Waals surface area contributed by atoms with E-state index in [2.05, 4.69) is 75.8 Å². The standard InChI is InChI=1S/C22H22N4O3.C21H21N3O2/c1-12-2-5-15-18(29-26-20(15)24-14-3-4-14)17(12)13-10-16-19(23-11-13)22(21(27)25-16)6-8-28-9-7-22;1-11-4-8-14-18(26-24-19(14)22-13-6-7-13)17(11)12-5-9-15-16(10-12)23-20(25)21(15,2)3/h2,5,10-11,14H,3-4,6-9H2,1H3,(H,24,26)(H,25,27);4-5,8-10,13H,6-7H2,1-3H3,(H,22,24)(H,23,25). The first-order valence-corrected chi connectivity index (χ1v) is 19.3. The molecule has 5 aliphatic rings. The number of amides is 2. The number of ether oxygens (including phenoxy) is 1. The van der Waals surface area contributed by atoms with Crippen molar-refractivity contribution in [2.45, 2.75) is 89.1 Å². The number of aromatic nitrogens is 3. The van der Waals surface area contributed by atoms with Crippen molar-refractivity contribution in [3.63, 3.8) is 0 Å². The number of pyridine rings is 1. The number of fused-ring (bicyclic) bond motifs is 5. The van der Waals surface area contributed by atoms with Crippen molar-refractivity contribution in [2.24, 2.45) is 0 Å². The highest BCUT2D eigenvalue weighted by molar-refractivity contribution is 6.08. The number of nitrogens with one attached hydrogen (secondary N) is 4. The lowest BCUT2D eigenvalue weighted by Crippen LogP contribution is -2.40. The van der Waals surface area contributed by atoms with Crippen molar-refractivity contribution < 1.29 is 23.4 Å². The Morgan fingerprint density at radius 2 is 1.27 bits per heavy atom. The number of nitrogens with zero attached hydrogens (tertiary/aromatic N) is 3. The molecule has 1 saturated heterocycles. The third-order valence-corrected chi connectivity index (χ3v) is 12.0. The zero-order valence-electron chi connectivity index (χ0n) is 31.4. The van der Waals surface area contributed by atoms with Gasteiger partial charge in [0.05, 0.1) is 33.0 Å². The zero-order chi connectivity index (χ0) is 37.6. The summed E-state index contributed by atoms with van der Waals surface area (Å²) >= 11 is 0. The Morgan fingerprint density at radius 1 is 0.709 bits per heavy atom. The summed E-state index contributed by atoms with van der Waals surface area (Å²) in [5, 5.41) is 23.4. The molecule has 2 saturated carbocycles. The van der Waals surface area contributed by atoms with Crippen LogP contribution in [0.25, 0.3) is 44.2 Å². The molecule has 3 aromatic heterocycles. The van der Waals surface area contributed by atoms with Gasteiger partial charge in [-0.25, -0.2) is 0 Å². The predicted octanol–water partition coefficient (Wildman–Crippen LogP) is 8.38. The van der Waals surface area contributed by atoms with Gasteiger partial charge in [0.25, 0.3) is 0 Å². The second-order valence-electron chi connectivity index (χ2n) is 16.3. The van der Waals surface area contributed by atoms with Gasteiger partial charge in [-0.3, -0.25) is 14.6 Å². The fraction of sp³-hybridized carbons (Fsp3) is 0.372. The van der Waals surface area contributed by atoms with Crippen molar-refractivity contribution in [3.8, 4) is 22.3 Å². The van der Waals surface area contributed by atoms with Gasteiger partial charge in [0.2, 0.25) is 11.8 Å². The van der Waals surface area contributed by atoms with E-state index in [4.69, 9.17) is 18.8 Å². The number of anilines is 4. The van der Waals surface area contributed by atoms with Crippen LogP contribution in [-0.2, 0) is 25.2 Å². The molecule has 0 radical (unpaired) electrons. The normalized spacial score (nSPS) is 19.1. The van der Waals surface area contributed by atoms with Gasteiger partial charge in [0.15, 0.2) is 22.8 Å². The minimum atomic E-state index is -0.555. The van der Waals surface area contributed by atoms with Gasteiger partial charge in [-0.15, -0.1) is 0 Å². The maximum absolute atomic E-state index is 12.8. The number of hydrogen-bond acceptors (Lipinski definition) is 10. The molecule has 6 heterocycles. The molecule has 4 N–H and O–H groups in total. The Morgan fingerprint density at radius 3 is 1.87 bits per heavy atom. The first-order chi connectivity index (χ1) is 26.6. The molecular formula is C43H43N7O5. The molecule has 0 atom stereocenters. The predicted molar refractivity (Wildman–Crippen MR) is 211 cm³/mol. The molecule has 12 nitrogen and oxygen atoms in total. The molecule has 3 fully saturated rings. The van der Waals surface area contributed by atoms with E-state index in [1.54, 1.807) is 0 Å². The summed E-state index contributed by atoms with van der Waals surface area (Å²) < 4.78 is 17.0. The summed E-state index contributed by atoms with van der Waals surface area (Å²) in [4.78, 5) is 29.8. The van der Waals surface area contributed by atoms with Gasteiger partial charge >= 0.3 is 0 Å². The lowest BCUT2D eigenvalue weighted by molar-refractivity contribution is -0.124.